The minimum atomic E-state index is 0.338. The second-order valence-corrected chi connectivity index (χ2v) is 6.56. The van der Waals surface area contributed by atoms with Gasteiger partial charge in [-0.25, -0.2) is 0 Å². The van der Waals surface area contributed by atoms with E-state index in [1.165, 1.54) is 0 Å². The van der Waals surface area contributed by atoms with E-state index in [-0.39, 0.29) is 0 Å². The van der Waals surface area contributed by atoms with Gasteiger partial charge in [-0.05, 0) is 19.1 Å². The number of anilines is 1. The number of nitrogens with one attached hydrogen (secondary N) is 1. The third-order valence-electron chi connectivity index (χ3n) is 1.84. The predicted molar refractivity (Wildman–Crippen MR) is 69.5 cm³/mol. The van der Waals surface area contributed by atoms with Crippen molar-refractivity contribution in [2.75, 3.05) is 11.1 Å². The van der Waals surface area contributed by atoms with Gasteiger partial charge >= 0.3 is 0 Å². The largest absolute Gasteiger partial charge is 0.381 e. The summed E-state index contributed by atoms with van der Waals surface area (Å²) in [5, 5.41) is 3.43. The molecule has 1 unspecified atom stereocenters. The Hall–Kier alpha value is -0.700. The molecular formula is C12H20N2S. The lowest BCUT2D eigenvalue weighted by molar-refractivity contribution is 0.794. The fourth-order valence-corrected chi connectivity index (χ4v) is 1.98. The molecule has 0 spiro atoms. The van der Waals surface area contributed by atoms with Crippen LogP contribution in [0.25, 0.3) is 0 Å². The first-order valence-electron chi connectivity index (χ1n) is 5.28. The van der Waals surface area contributed by atoms with Crippen LogP contribution in [0.15, 0.2) is 24.5 Å². The Morgan fingerprint density at radius 2 is 2.20 bits per heavy atom. The average molecular weight is 224 g/mol. The normalized spacial score (nSPS) is 13.6. The van der Waals surface area contributed by atoms with Crippen molar-refractivity contribution in [3.8, 4) is 0 Å². The van der Waals surface area contributed by atoms with Gasteiger partial charge in [0.15, 0.2) is 0 Å². The third kappa shape index (κ3) is 5.67. The molecule has 84 valence electrons. The van der Waals surface area contributed by atoms with Gasteiger partial charge in [-0.3, -0.25) is 4.98 Å². The number of rotatable bonds is 4. The summed E-state index contributed by atoms with van der Waals surface area (Å²) in [6.45, 7) is 8.93. The summed E-state index contributed by atoms with van der Waals surface area (Å²) in [5.41, 5.74) is 1.10. The summed E-state index contributed by atoms with van der Waals surface area (Å²) in [7, 11) is 0. The van der Waals surface area contributed by atoms with E-state index in [1.54, 1.807) is 6.20 Å². The molecule has 0 aliphatic heterocycles. The molecule has 0 amide bonds. The quantitative estimate of drug-likeness (QED) is 0.848. The highest BCUT2D eigenvalue weighted by Crippen LogP contribution is 2.24. The first-order valence-corrected chi connectivity index (χ1v) is 6.26. The smallest absolute Gasteiger partial charge is 0.0529 e. The van der Waals surface area contributed by atoms with Gasteiger partial charge in [-0.1, -0.05) is 20.8 Å². The van der Waals surface area contributed by atoms with Crippen LogP contribution in [0, 0.1) is 0 Å². The van der Waals surface area contributed by atoms with Crippen LogP contribution in [0.2, 0.25) is 0 Å². The summed E-state index contributed by atoms with van der Waals surface area (Å²) in [5.74, 6) is 1.11. The molecule has 0 saturated heterocycles. The maximum absolute atomic E-state index is 4.08. The summed E-state index contributed by atoms with van der Waals surface area (Å²) in [6.07, 6.45) is 3.65. The zero-order valence-corrected chi connectivity index (χ0v) is 10.8. The first kappa shape index (κ1) is 12.4. The molecule has 1 aromatic heterocycles. The lowest BCUT2D eigenvalue weighted by Crippen LogP contribution is -2.21. The second-order valence-electron chi connectivity index (χ2n) is 4.71. The first-order chi connectivity index (χ1) is 6.97. The number of pyridine rings is 1. The Balaban J connectivity index is 2.34. The van der Waals surface area contributed by atoms with Crippen molar-refractivity contribution in [3.05, 3.63) is 24.5 Å². The SMILES string of the molecule is CC(CSC(C)(C)C)Nc1cccnc1. The highest BCUT2D eigenvalue weighted by atomic mass is 32.2. The van der Waals surface area contributed by atoms with E-state index in [0.717, 1.165) is 11.4 Å². The van der Waals surface area contributed by atoms with E-state index in [4.69, 9.17) is 0 Å². The van der Waals surface area contributed by atoms with Crippen LogP contribution in [0.5, 0.6) is 0 Å². The molecule has 0 aliphatic rings. The van der Waals surface area contributed by atoms with Gasteiger partial charge in [0, 0.05) is 28.9 Å². The van der Waals surface area contributed by atoms with Crippen LogP contribution >= 0.6 is 11.8 Å². The van der Waals surface area contributed by atoms with Crippen LogP contribution in [0.4, 0.5) is 5.69 Å². The topological polar surface area (TPSA) is 24.9 Å². The minimum Gasteiger partial charge on any atom is -0.381 e. The average Bonchev–Trinajstić information content (AvgIpc) is 2.15. The Kier molecular flexibility index (Phi) is 4.45. The van der Waals surface area contributed by atoms with Crippen molar-refractivity contribution in [2.45, 2.75) is 38.5 Å². The molecule has 0 aliphatic carbocycles. The Morgan fingerprint density at radius 3 is 2.73 bits per heavy atom. The van der Waals surface area contributed by atoms with E-state index >= 15 is 0 Å². The van der Waals surface area contributed by atoms with Gasteiger partial charge in [0.2, 0.25) is 0 Å². The molecule has 1 aromatic rings. The molecule has 3 heteroatoms. The fraction of sp³-hybridized carbons (Fsp3) is 0.583. The highest BCUT2D eigenvalue weighted by Gasteiger charge is 2.12. The van der Waals surface area contributed by atoms with E-state index in [1.807, 2.05) is 30.1 Å². The van der Waals surface area contributed by atoms with Crippen LogP contribution in [0.3, 0.4) is 0 Å². The number of hydrogen-bond donors (Lipinski definition) is 1. The number of nitrogens with zero attached hydrogens (tertiary/aromatic N) is 1. The van der Waals surface area contributed by atoms with Crippen molar-refractivity contribution in [1.82, 2.24) is 4.98 Å². The van der Waals surface area contributed by atoms with Gasteiger partial charge in [0.25, 0.3) is 0 Å². The van der Waals surface area contributed by atoms with Crippen molar-refractivity contribution < 1.29 is 0 Å². The lowest BCUT2D eigenvalue weighted by Gasteiger charge is -2.21. The Labute approximate surface area is 96.9 Å². The van der Waals surface area contributed by atoms with E-state index in [9.17, 15) is 0 Å². The molecule has 0 saturated carbocycles. The third-order valence-corrected chi connectivity index (χ3v) is 3.37. The van der Waals surface area contributed by atoms with Crippen LogP contribution in [-0.4, -0.2) is 21.5 Å². The van der Waals surface area contributed by atoms with Crippen LogP contribution in [0.1, 0.15) is 27.7 Å². The molecule has 15 heavy (non-hydrogen) atoms. The summed E-state index contributed by atoms with van der Waals surface area (Å²) in [6, 6.07) is 4.47. The minimum absolute atomic E-state index is 0.338. The maximum Gasteiger partial charge on any atom is 0.0529 e. The zero-order chi connectivity index (χ0) is 11.3. The molecule has 1 N–H and O–H groups in total. The molecule has 0 fully saturated rings. The number of thioether (sulfide) groups is 1. The number of hydrogen-bond acceptors (Lipinski definition) is 3. The molecule has 1 rings (SSSR count). The van der Waals surface area contributed by atoms with Crippen molar-refractivity contribution in [3.63, 3.8) is 0 Å². The van der Waals surface area contributed by atoms with Crippen molar-refractivity contribution in [1.29, 1.82) is 0 Å². The van der Waals surface area contributed by atoms with Gasteiger partial charge in [-0.2, -0.15) is 11.8 Å². The van der Waals surface area contributed by atoms with E-state index in [0.29, 0.717) is 10.8 Å². The summed E-state index contributed by atoms with van der Waals surface area (Å²) >= 11 is 1.98. The molecule has 0 bridgehead atoms. The standard InChI is InChI=1S/C12H20N2S/c1-10(9-15-12(2,3)4)14-11-6-5-7-13-8-11/h5-8,10,14H,9H2,1-4H3. The molecule has 1 atom stereocenters. The monoisotopic (exact) mass is 224 g/mol. The number of aromatic nitrogens is 1. The van der Waals surface area contributed by atoms with Crippen molar-refractivity contribution >= 4 is 17.4 Å². The van der Waals surface area contributed by atoms with Crippen LogP contribution in [-0.2, 0) is 0 Å². The van der Waals surface area contributed by atoms with E-state index in [2.05, 4.69) is 38.0 Å². The summed E-state index contributed by atoms with van der Waals surface area (Å²) < 4.78 is 0.338. The molecule has 0 radical (unpaired) electrons. The molecule has 2 nitrogen and oxygen atoms in total. The Bertz CT molecular complexity index is 279. The zero-order valence-electron chi connectivity index (χ0n) is 9.95. The van der Waals surface area contributed by atoms with E-state index < -0.39 is 0 Å². The molecule has 1 heterocycles. The lowest BCUT2D eigenvalue weighted by atomic mass is 10.3. The van der Waals surface area contributed by atoms with Gasteiger partial charge < -0.3 is 5.32 Å². The molecular weight excluding hydrogens is 204 g/mol. The van der Waals surface area contributed by atoms with Gasteiger partial charge in [-0.15, -0.1) is 0 Å². The fourth-order valence-electron chi connectivity index (χ4n) is 1.15. The van der Waals surface area contributed by atoms with Crippen molar-refractivity contribution in [2.24, 2.45) is 0 Å². The second kappa shape index (κ2) is 5.40. The van der Waals surface area contributed by atoms with Crippen LogP contribution < -0.4 is 5.32 Å². The summed E-state index contributed by atoms with van der Waals surface area (Å²) in [4.78, 5) is 4.08. The highest BCUT2D eigenvalue weighted by molar-refractivity contribution is 8.00. The van der Waals surface area contributed by atoms with Gasteiger partial charge in [0.05, 0.1) is 5.69 Å². The molecule has 0 aromatic carbocycles. The van der Waals surface area contributed by atoms with Gasteiger partial charge in [0.1, 0.15) is 0 Å². The predicted octanol–water partition coefficient (Wildman–Crippen LogP) is 3.41. The maximum atomic E-state index is 4.08. The Morgan fingerprint density at radius 1 is 1.47 bits per heavy atom.